The van der Waals surface area contributed by atoms with Crippen LogP contribution in [-0.4, -0.2) is 43.6 Å². The van der Waals surface area contributed by atoms with Crippen molar-refractivity contribution in [3.05, 3.63) is 29.8 Å². The fourth-order valence-corrected chi connectivity index (χ4v) is 4.54. The number of methoxy groups -OCH3 is 1. The first kappa shape index (κ1) is 27.2. The second-order valence-electron chi connectivity index (χ2n) is 9.32. The normalized spacial score (nSPS) is 14.3. The zero-order chi connectivity index (χ0) is 23.7. The molecule has 5 heteroatoms. The van der Waals surface area contributed by atoms with Gasteiger partial charge in [-0.25, -0.2) is 0 Å². The maximum absolute atomic E-state index is 12.8. The van der Waals surface area contributed by atoms with Gasteiger partial charge in [-0.1, -0.05) is 89.7 Å². The van der Waals surface area contributed by atoms with E-state index in [1.165, 1.54) is 64.2 Å². The van der Waals surface area contributed by atoms with Crippen LogP contribution in [0, 0.1) is 5.92 Å². The second kappa shape index (κ2) is 16.6. The molecule has 1 aromatic rings. The largest absolute Gasteiger partial charge is 0.496 e. The predicted molar refractivity (Wildman–Crippen MR) is 134 cm³/mol. The van der Waals surface area contributed by atoms with Gasteiger partial charge in [0.15, 0.2) is 0 Å². The van der Waals surface area contributed by atoms with Crippen LogP contribution in [0.3, 0.4) is 0 Å². The number of unbranched alkanes of at least 4 members (excludes halogenated alkanes) is 11. The van der Waals surface area contributed by atoms with Gasteiger partial charge in [-0.3, -0.25) is 9.59 Å². The Bertz CT molecular complexity index is 682. The maximum Gasteiger partial charge on any atom is 0.309 e. The molecule has 1 aliphatic heterocycles. The van der Waals surface area contributed by atoms with E-state index in [0.717, 1.165) is 12.8 Å². The van der Waals surface area contributed by atoms with Gasteiger partial charge in [-0.05, 0) is 31.4 Å². The van der Waals surface area contributed by atoms with Crippen LogP contribution >= 0.6 is 0 Å². The maximum atomic E-state index is 12.8. The molecule has 1 aliphatic rings. The predicted octanol–water partition coefficient (Wildman–Crippen LogP) is 6.79. The van der Waals surface area contributed by atoms with Crippen molar-refractivity contribution in [3.8, 4) is 5.75 Å². The summed E-state index contributed by atoms with van der Waals surface area (Å²) >= 11 is 0. The fourth-order valence-electron chi connectivity index (χ4n) is 4.54. The van der Waals surface area contributed by atoms with Crippen LogP contribution in [0.4, 0.5) is 0 Å². The van der Waals surface area contributed by atoms with E-state index in [-0.39, 0.29) is 17.8 Å². The van der Waals surface area contributed by atoms with Crippen molar-refractivity contribution in [1.29, 1.82) is 0 Å². The van der Waals surface area contributed by atoms with Crippen molar-refractivity contribution >= 4 is 11.9 Å². The van der Waals surface area contributed by atoms with Gasteiger partial charge in [0, 0.05) is 13.1 Å². The monoisotopic (exact) mass is 459 g/mol. The van der Waals surface area contributed by atoms with Gasteiger partial charge in [0.05, 0.1) is 25.2 Å². The highest BCUT2D eigenvalue weighted by Crippen LogP contribution is 2.24. The molecule has 0 radical (unpaired) electrons. The first-order chi connectivity index (χ1) is 16.2. The molecule has 1 saturated heterocycles. The van der Waals surface area contributed by atoms with Crippen molar-refractivity contribution < 1.29 is 19.1 Å². The number of esters is 1. The molecule has 0 aliphatic carbocycles. The highest BCUT2D eigenvalue weighted by molar-refractivity contribution is 5.97. The third-order valence-corrected chi connectivity index (χ3v) is 6.70. The Kier molecular flexibility index (Phi) is 13.6. The number of nitrogens with zero attached hydrogens (tertiary/aromatic N) is 1. The van der Waals surface area contributed by atoms with Crippen molar-refractivity contribution in [2.45, 2.75) is 96.8 Å². The summed E-state index contributed by atoms with van der Waals surface area (Å²) in [6.07, 6.45) is 16.9. The molecule has 33 heavy (non-hydrogen) atoms. The molecule has 1 aromatic carbocycles. The molecule has 1 heterocycles. The number of ether oxygens (including phenoxy) is 2. The van der Waals surface area contributed by atoms with E-state index in [0.29, 0.717) is 43.9 Å². The van der Waals surface area contributed by atoms with E-state index in [9.17, 15) is 9.59 Å². The molecule has 0 saturated carbocycles. The molecule has 0 atom stereocenters. The molecule has 2 rings (SSSR count). The lowest BCUT2D eigenvalue weighted by atomic mass is 9.96. The van der Waals surface area contributed by atoms with Crippen molar-refractivity contribution in [3.63, 3.8) is 0 Å². The van der Waals surface area contributed by atoms with Crippen LogP contribution in [0.1, 0.15) is 107 Å². The zero-order valence-electron chi connectivity index (χ0n) is 21.0. The summed E-state index contributed by atoms with van der Waals surface area (Å²) in [5.41, 5.74) is 0.577. The Labute approximate surface area is 201 Å². The van der Waals surface area contributed by atoms with Crippen LogP contribution in [0.5, 0.6) is 5.75 Å². The van der Waals surface area contributed by atoms with Crippen LogP contribution in [-0.2, 0) is 9.53 Å². The van der Waals surface area contributed by atoms with Crippen LogP contribution in [0.2, 0.25) is 0 Å². The number of piperidine rings is 1. The van der Waals surface area contributed by atoms with Crippen molar-refractivity contribution in [2.75, 3.05) is 26.8 Å². The molecular formula is C28H45NO4. The van der Waals surface area contributed by atoms with Gasteiger partial charge in [0.2, 0.25) is 0 Å². The number of rotatable bonds is 16. The van der Waals surface area contributed by atoms with Gasteiger partial charge in [-0.15, -0.1) is 0 Å². The summed E-state index contributed by atoms with van der Waals surface area (Å²) < 4.78 is 10.8. The Morgan fingerprint density at radius 1 is 0.848 bits per heavy atom. The molecule has 1 amide bonds. The highest BCUT2D eigenvalue weighted by atomic mass is 16.5. The van der Waals surface area contributed by atoms with Gasteiger partial charge in [-0.2, -0.15) is 0 Å². The SMILES string of the molecule is CCCCCCCCCCCCCCOC(=O)C1CCN(C(=O)c2ccccc2OC)CC1. The number of amides is 1. The number of carbonyl (C=O) groups excluding carboxylic acids is 2. The average molecular weight is 460 g/mol. The average Bonchev–Trinajstić information content (AvgIpc) is 2.86. The van der Waals surface area contributed by atoms with E-state index >= 15 is 0 Å². The number of carbonyl (C=O) groups is 2. The fraction of sp³-hybridized carbons (Fsp3) is 0.714. The molecule has 5 nitrogen and oxygen atoms in total. The van der Waals surface area contributed by atoms with E-state index in [4.69, 9.17) is 9.47 Å². The molecule has 0 spiro atoms. The van der Waals surface area contributed by atoms with E-state index in [2.05, 4.69) is 6.92 Å². The highest BCUT2D eigenvalue weighted by Gasteiger charge is 2.29. The van der Waals surface area contributed by atoms with Crippen LogP contribution < -0.4 is 4.74 Å². The minimum atomic E-state index is -0.0949. The summed E-state index contributed by atoms with van der Waals surface area (Å²) in [7, 11) is 1.57. The summed E-state index contributed by atoms with van der Waals surface area (Å²) in [5.74, 6) is 0.369. The van der Waals surface area contributed by atoms with E-state index in [1.54, 1.807) is 19.2 Å². The van der Waals surface area contributed by atoms with Gasteiger partial charge in [0.1, 0.15) is 5.75 Å². The van der Waals surface area contributed by atoms with Crippen molar-refractivity contribution in [2.24, 2.45) is 5.92 Å². The standard InChI is InChI=1S/C28H45NO4/c1-3-4-5-6-7-8-9-10-11-12-13-16-23-33-28(31)24-19-21-29(22-20-24)27(30)25-17-14-15-18-26(25)32-2/h14-15,17-18,24H,3-13,16,19-23H2,1-2H3. The van der Waals surface area contributed by atoms with Crippen LogP contribution in [0.15, 0.2) is 24.3 Å². The molecule has 0 N–H and O–H groups in total. The van der Waals surface area contributed by atoms with Crippen LogP contribution in [0.25, 0.3) is 0 Å². The molecular weight excluding hydrogens is 414 g/mol. The lowest BCUT2D eigenvalue weighted by molar-refractivity contribution is -0.150. The van der Waals surface area contributed by atoms with E-state index < -0.39 is 0 Å². The molecule has 1 fully saturated rings. The Morgan fingerprint density at radius 2 is 1.39 bits per heavy atom. The number of hydrogen-bond acceptors (Lipinski definition) is 4. The summed E-state index contributed by atoms with van der Waals surface area (Å²) in [4.78, 5) is 27.0. The summed E-state index contributed by atoms with van der Waals surface area (Å²) in [6, 6.07) is 7.28. The topological polar surface area (TPSA) is 55.8 Å². The number of hydrogen-bond donors (Lipinski definition) is 0. The number of benzene rings is 1. The molecule has 0 unspecified atom stereocenters. The van der Waals surface area contributed by atoms with E-state index in [1.807, 2.05) is 17.0 Å². The first-order valence-electron chi connectivity index (χ1n) is 13.3. The smallest absolute Gasteiger partial charge is 0.309 e. The Hall–Kier alpha value is -2.04. The minimum absolute atomic E-state index is 0.0317. The quantitative estimate of drug-likeness (QED) is 0.202. The van der Waals surface area contributed by atoms with Gasteiger partial charge in [0.25, 0.3) is 5.91 Å². The third-order valence-electron chi connectivity index (χ3n) is 6.70. The first-order valence-corrected chi connectivity index (χ1v) is 13.3. The molecule has 186 valence electrons. The Balaban J connectivity index is 1.50. The lowest BCUT2D eigenvalue weighted by Crippen LogP contribution is -2.40. The zero-order valence-corrected chi connectivity index (χ0v) is 21.0. The lowest BCUT2D eigenvalue weighted by Gasteiger charge is -2.31. The molecule has 0 aromatic heterocycles. The molecule has 0 bridgehead atoms. The Morgan fingerprint density at radius 3 is 1.97 bits per heavy atom. The summed E-state index contributed by atoms with van der Waals surface area (Å²) in [6.45, 7) is 3.94. The minimum Gasteiger partial charge on any atom is -0.496 e. The number of para-hydroxylation sites is 1. The van der Waals surface area contributed by atoms with Crippen molar-refractivity contribution in [1.82, 2.24) is 4.90 Å². The van der Waals surface area contributed by atoms with Gasteiger partial charge < -0.3 is 14.4 Å². The second-order valence-corrected chi connectivity index (χ2v) is 9.32. The third kappa shape index (κ3) is 10.2. The number of likely N-dealkylation sites (tertiary alicyclic amines) is 1. The van der Waals surface area contributed by atoms with Gasteiger partial charge >= 0.3 is 5.97 Å². The summed E-state index contributed by atoms with van der Waals surface area (Å²) in [5, 5.41) is 0.